The molecule has 0 atom stereocenters. The second-order valence-corrected chi connectivity index (χ2v) is 22.9. The van der Waals surface area contributed by atoms with Gasteiger partial charge >= 0.3 is 0 Å². The average molecular weight is 1370 g/mol. The van der Waals surface area contributed by atoms with Crippen molar-refractivity contribution < 1.29 is 53.2 Å². The van der Waals surface area contributed by atoms with Crippen LogP contribution in [-0.2, 0) is 14.4 Å². The fraction of sp³-hybridized carbons (Fsp3) is 0.288. The van der Waals surface area contributed by atoms with Crippen LogP contribution in [0, 0.1) is 25.5 Å². The van der Waals surface area contributed by atoms with Crippen LogP contribution in [0.15, 0.2) is 183 Å². The van der Waals surface area contributed by atoms with Crippen LogP contribution >= 0.6 is 0 Å². The number of aromatic nitrogens is 8. The molecule has 0 fully saturated rings. The molecular weight excluding hydrogens is 1280 g/mol. The van der Waals surface area contributed by atoms with Crippen molar-refractivity contribution in [2.45, 2.75) is 123 Å². The van der Waals surface area contributed by atoms with Gasteiger partial charge in [-0.25, -0.2) is 60.1 Å². The number of rotatable bonds is 34. The zero-order valence-corrected chi connectivity index (χ0v) is 55.7. The predicted octanol–water partition coefficient (Wildman–Crippen LogP) is 13.3. The Balaban J connectivity index is 0.000000211. The van der Waals surface area contributed by atoms with Gasteiger partial charge in [0.15, 0.2) is 5.78 Å². The van der Waals surface area contributed by atoms with E-state index in [1.54, 1.807) is 64.2 Å². The van der Waals surface area contributed by atoms with Gasteiger partial charge in [-0.3, -0.25) is 64.1 Å². The number of benzene rings is 4. The molecule has 9 aromatic rings. The number of para-hydroxylation sites is 2. The molecule has 8 N–H and O–H groups in total. The number of hydrogen-bond donors (Lipinski definition) is 8. The molecule has 0 unspecified atom stereocenters. The maximum Gasteiger partial charge on any atom is 0.254 e. The van der Waals surface area contributed by atoms with Crippen molar-refractivity contribution in [1.29, 1.82) is 0 Å². The van der Waals surface area contributed by atoms with E-state index in [4.69, 9.17) is 15.6 Å². The smallest absolute Gasteiger partial charge is 0.254 e. The summed E-state index contributed by atoms with van der Waals surface area (Å²) in [6.07, 6.45) is 25.8. The Hall–Kier alpha value is -11.4. The lowest BCUT2D eigenvalue weighted by atomic mass is 10.1. The van der Waals surface area contributed by atoms with Gasteiger partial charge in [-0.05, 0) is 148 Å². The second-order valence-electron chi connectivity index (χ2n) is 22.9. The molecule has 0 aliphatic carbocycles. The highest BCUT2D eigenvalue weighted by molar-refractivity contribution is 5.96. The van der Waals surface area contributed by atoms with Crippen LogP contribution in [0.5, 0.6) is 0 Å². The monoisotopic (exact) mass is 1360 g/mol. The third kappa shape index (κ3) is 24.6. The lowest BCUT2D eigenvalue weighted by Crippen LogP contribution is -2.25. The predicted molar refractivity (Wildman–Crippen MR) is 372 cm³/mol. The first-order valence-electron chi connectivity index (χ1n) is 32.9. The van der Waals surface area contributed by atoms with E-state index in [0.717, 1.165) is 86.0 Å². The Morgan fingerprint density at radius 3 is 1.15 bits per heavy atom. The lowest BCUT2D eigenvalue weighted by molar-refractivity contribution is -0.130. The number of hydroxylamine groups is 3. The molecule has 5 aromatic heterocycles. The summed E-state index contributed by atoms with van der Waals surface area (Å²) in [6, 6.07) is 36.8. The van der Waals surface area contributed by atoms with Crippen LogP contribution < -0.4 is 41.8 Å². The fourth-order valence-electron chi connectivity index (χ4n) is 10.1. The maximum atomic E-state index is 13.4. The van der Waals surface area contributed by atoms with Crippen molar-refractivity contribution in [3.05, 3.63) is 223 Å². The summed E-state index contributed by atoms with van der Waals surface area (Å²) in [5.74, 6) is -0.632. The number of nitrogens with zero attached hydrogens (tertiary/aromatic N) is 11. The summed E-state index contributed by atoms with van der Waals surface area (Å²) >= 11 is 0. The van der Waals surface area contributed by atoms with Gasteiger partial charge in [-0.15, -0.1) is 0 Å². The van der Waals surface area contributed by atoms with E-state index < -0.39 is 5.91 Å². The lowest BCUT2D eigenvalue weighted by Gasteiger charge is -2.24. The zero-order chi connectivity index (χ0) is 71.3. The number of nitrogens with one attached hydrogen (secondary N) is 5. The van der Waals surface area contributed by atoms with Crippen molar-refractivity contribution in [1.82, 2.24) is 66.9 Å². The number of hydrogen-bond acceptors (Lipinski definition) is 20. The minimum Gasteiger partial charge on any atom is -0.352 e. The summed E-state index contributed by atoms with van der Waals surface area (Å²) in [4.78, 5) is 111. The molecule has 0 bridgehead atoms. The second kappa shape index (κ2) is 41.6. The van der Waals surface area contributed by atoms with Gasteiger partial charge in [0.1, 0.15) is 17.5 Å². The molecular formula is C73H82F2N16O9. The van der Waals surface area contributed by atoms with Crippen LogP contribution in [0.3, 0.4) is 0 Å². The molecule has 522 valence electrons. The number of carbonyl (C=O) groups is 6. The summed E-state index contributed by atoms with van der Waals surface area (Å²) in [5, 5.41) is 31.1. The number of amides is 5. The highest BCUT2D eigenvalue weighted by Crippen LogP contribution is 2.36. The quantitative estimate of drug-likeness (QED) is 0.00804. The molecule has 0 aliphatic rings. The topological polar surface area (TPSA) is 336 Å². The maximum absolute atomic E-state index is 13.4. The van der Waals surface area contributed by atoms with E-state index in [1.807, 2.05) is 103 Å². The van der Waals surface area contributed by atoms with Crippen molar-refractivity contribution >= 4 is 87.4 Å². The Kier molecular flexibility index (Phi) is 31.6. The van der Waals surface area contributed by atoms with Gasteiger partial charge < -0.3 is 10.6 Å². The SMILES string of the molecule is Cc1ccccc1N(c1ccccn1)c1ncc(C(=O)NCCCCCCC(=O)NO)cn1.Cc1ccccc1N(c1ccncc1)c1ncc(C(=O)NCCCCCCC(=O)NO)cn1.O=C(CCCCCCCC(=O)c1cnc(N(c2ccc(F)cc2)c2ccc(F)cc2)nc1)NO. The van der Waals surface area contributed by atoms with E-state index in [2.05, 4.69) is 50.5 Å². The van der Waals surface area contributed by atoms with Crippen molar-refractivity contribution in [2.24, 2.45) is 0 Å². The van der Waals surface area contributed by atoms with Gasteiger partial charge in [-0.1, -0.05) is 87.4 Å². The minimum atomic E-state index is -0.393. The van der Waals surface area contributed by atoms with Gasteiger partial charge in [0, 0.05) is 106 Å². The largest absolute Gasteiger partial charge is 0.352 e. The molecule has 0 saturated carbocycles. The molecule has 4 aromatic carbocycles. The van der Waals surface area contributed by atoms with Crippen LogP contribution in [0.1, 0.15) is 151 Å². The molecule has 25 nitrogen and oxygen atoms in total. The zero-order valence-electron chi connectivity index (χ0n) is 55.7. The third-order valence-electron chi connectivity index (χ3n) is 15.5. The Morgan fingerprint density at radius 2 is 0.730 bits per heavy atom. The van der Waals surface area contributed by atoms with E-state index in [0.29, 0.717) is 104 Å². The Bertz CT molecular complexity index is 3770. The minimum absolute atomic E-state index is 0.0682. The van der Waals surface area contributed by atoms with Crippen LogP contribution in [-0.4, -0.2) is 104 Å². The van der Waals surface area contributed by atoms with Crippen LogP contribution in [0.25, 0.3) is 0 Å². The normalized spacial score (nSPS) is 10.6. The molecule has 5 amide bonds. The summed E-state index contributed by atoms with van der Waals surface area (Å²) in [6.45, 7) is 5.08. The van der Waals surface area contributed by atoms with Gasteiger partial charge in [0.2, 0.25) is 35.6 Å². The van der Waals surface area contributed by atoms with Gasteiger partial charge in [0.25, 0.3) is 11.8 Å². The highest BCUT2D eigenvalue weighted by Gasteiger charge is 2.22. The Morgan fingerprint density at radius 1 is 0.370 bits per heavy atom. The fourth-order valence-corrected chi connectivity index (χ4v) is 10.1. The van der Waals surface area contributed by atoms with E-state index in [1.165, 1.54) is 61.4 Å². The molecule has 100 heavy (non-hydrogen) atoms. The highest BCUT2D eigenvalue weighted by atomic mass is 19.1. The number of anilines is 9. The first kappa shape index (κ1) is 76.0. The molecule has 9 rings (SSSR count). The van der Waals surface area contributed by atoms with Crippen LogP contribution in [0.2, 0.25) is 0 Å². The molecule has 5 heterocycles. The van der Waals surface area contributed by atoms with E-state index in [-0.39, 0.29) is 53.4 Å². The molecule has 27 heteroatoms. The molecule has 0 spiro atoms. The first-order chi connectivity index (χ1) is 48.7. The summed E-state index contributed by atoms with van der Waals surface area (Å²) < 4.78 is 26.8. The van der Waals surface area contributed by atoms with E-state index in [9.17, 15) is 37.5 Å². The Labute approximate surface area is 578 Å². The van der Waals surface area contributed by atoms with Gasteiger partial charge in [0.05, 0.1) is 33.8 Å². The third-order valence-corrected chi connectivity index (χ3v) is 15.5. The van der Waals surface area contributed by atoms with Crippen LogP contribution in [0.4, 0.5) is 60.9 Å². The van der Waals surface area contributed by atoms with Crippen molar-refractivity contribution in [3.8, 4) is 0 Å². The first-order valence-corrected chi connectivity index (χ1v) is 32.9. The van der Waals surface area contributed by atoms with Crippen molar-refractivity contribution in [2.75, 3.05) is 27.8 Å². The summed E-state index contributed by atoms with van der Waals surface area (Å²) in [5.41, 5.74) is 12.0. The number of unbranched alkanes of at least 4 members (excludes halogenated alkanes) is 10. The average Bonchev–Trinajstić information content (AvgIpc) is 0.819. The number of carbonyl (C=O) groups excluding carboxylic acids is 6. The molecule has 0 aliphatic heterocycles. The van der Waals surface area contributed by atoms with Crippen molar-refractivity contribution in [3.63, 3.8) is 0 Å². The number of Topliss-reactive ketones (excluding diaryl/α,β-unsaturated/α-hetero) is 1. The summed E-state index contributed by atoms with van der Waals surface area (Å²) in [7, 11) is 0. The molecule has 0 radical (unpaired) electrons. The van der Waals surface area contributed by atoms with E-state index >= 15 is 0 Å². The number of halogens is 2. The molecule has 0 saturated heterocycles. The van der Waals surface area contributed by atoms with Gasteiger partial charge in [-0.2, -0.15) is 0 Å². The number of aryl methyl sites for hydroxylation is 2. The number of pyridine rings is 2. The standard InChI is InChI=1S/C25H26F2N4O3.2C24H28N6O3/c26-19-8-12-21(13-9-19)31(22-14-10-20(27)11-15-22)25-28-16-18(17-29-25)23(32)6-4-2-1-3-5-7-24(33)30-34;1-18-10-5-6-11-20(18)30(21-12-7-9-14-25-21)24-27-16-19(17-28-24)23(32)26-15-8-3-2-4-13-22(31)29-33;1-18-8-5-6-9-21(18)30(20-11-14-25-15-12-20)24-27-16-19(17-28-24)23(32)26-13-7-3-2-4-10-22(31)29-33/h8-17,34H,1-7H2,(H,30,33);5-7,9-12,14,16-17,33H,2-4,8,13,15H2,1H3,(H,26,32)(H,29,31);5-6,8-9,11-12,14-17,33H,2-4,7,10,13H2,1H3,(H,26,32)(H,29,31). The number of ketones is 1.